The van der Waals surface area contributed by atoms with Crippen molar-refractivity contribution in [3.8, 4) is 5.69 Å². The molecule has 1 N–H and O–H groups in total. The van der Waals surface area contributed by atoms with Crippen molar-refractivity contribution in [1.29, 1.82) is 0 Å². The minimum Gasteiger partial charge on any atom is -0.309 e. The summed E-state index contributed by atoms with van der Waals surface area (Å²) >= 11 is 0. The Morgan fingerprint density at radius 2 is 2.12 bits per heavy atom. The molecule has 4 heteroatoms. The third kappa shape index (κ3) is 1.96. The van der Waals surface area contributed by atoms with Crippen LogP contribution in [0.5, 0.6) is 0 Å². The van der Waals surface area contributed by atoms with Crippen LogP contribution in [-0.2, 0) is 0 Å². The van der Waals surface area contributed by atoms with E-state index in [0.717, 1.165) is 24.3 Å². The molecular weight excluding hydrogens is 217 g/mol. The number of aromatic nitrogens is 2. The molecule has 3 rings (SSSR count). The quantitative estimate of drug-likeness (QED) is 0.860. The highest BCUT2D eigenvalue weighted by molar-refractivity contribution is 5.34. The van der Waals surface area contributed by atoms with Crippen LogP contribution in [-0.4, -0.2) is 16.1 Å². The number of hydrogen-bond acceptors (Lipinski definition) is 2. The van der Waals surface area contributed by atoms with Gasteiger partial charge >= 0.3 is 0 Å². The lowest BCUT2D eigenvalue weighted by Gasteiger charge is -2.13. The lowest BCUT2D eigenvalue weighted by atomic mass is 10.1. The van der Waals surface area contributed by atoms with Gasteiger partial charge in [-0.2, -0.15) is 0 Å². The summed E-state index contributed by atoms with van der Waals surface area (Å²) in [4.78, 5) is 4.19. The molecule has 0 amide bonds. The molecule has 1 aromatic carbocycles. The molecule has 1 atom stereocenters. The van der Waals surface area contributed by atoms with Crippen LogP contribution >= 0.6 is 0 Å². The predicted molar refractivity (Wildman–Crippen MR) is 63.5 cm³/mol. The lowest BCUT2D eigenvalue weighted by Crippen LogP contribution is -2.16. The van der Waals surface area contributed by atoms with Crippen molar-refractivity contribution in [3.63, 3.8) is 0 Å². The molecule has 0 aliphatic carbocycles. The monoisotopic (exact) mass is 231 g/mol. The number of imidazole rings is 1. The van der Waals surface area contributed by atoms with Crippen molar-refractivity contribution >= 4 is 0 Å². The van der Waals surface area contributed by atoms with E-state index in [1.165, 1.54) is 18.6 Å². The molecule has 1 saturated heterocycles. The van der Waals surface area contributed by atoms with Gasteiger partial charge in [0.25, 0.3) is 0 Å². The van der Waals surface area contributed by atoms with Crippen LogP contribution < -0.4 is 5.32 Å². The Balaban J connectivity index is 1.97. The molecule has 1 fully saturated rings. The molecular formula is C13H14FN3. The fourth-order valence-electron chi connectivity index (χ4n) is 2.32. The lowest BCUT2D eigenvalue weighted by molar-refractivity contribution is 0.612. The average molecular weight is 231 g/mol. The highest BCUT2D eigenvalue weighted by atomic mass is 19.1. The third-order valence-corrected chi connectivity index (χ3v) is 3.19. The maximum atomic E-state index is 12.9. The van der Waals surface area contributed by atoms with Gasteiger partial charge in [0, 0.05) is 11.7 Å². The summed E-state index contributed by atoms with van der Waals surface area (Å²) in [5, 5.41) is 3.45. The first kappa shape index (κ1) is 10.5. The average Bonchev–Trinajstić information content (AvgIpc) is 3.00. The van der Waals surface area contributed by atoms with Gasteiger partial charge in [-0.1, -0.05) is 0 Å². The van der Waals surface area contributed by atoms with E-state index in [9.17, 15) is 4.39 Å². The number of hydrogen-bond donors (Lipinski definition) is 1. The van der Waals surface area contributed by atoms with Gasteiger partial charge in [-0.25, -0.2) is 9.37 Å². The standard InChI is InChI=1S/C13H14FN3/c14-10-3-5-11(6-4-10)17-9-15-8-13(17)12-2-1-7-16-12/h3-6,8-9,12,16H,1-2,7H2. The molecule has 17 heavy (non-hydrogen) atoms. The van der Waals surface area contributed by atoms with Crippen molar-refractivity contribution in [2.45, 2.75) is 18.9 Å². The van der Waals surface area contributed by atoms with E-state index in [0.29, 0.717) is 6.04 Å². The highest BCUT2D eigenvalue weighted by Gasteiger charge is 2.20. The smallest absolute Gasteiger partial charge is 0.123 e. The molecule has 0 bridgehead atoms. The normalized spacial score (nSPS) is 19.7. The Labute approximate surface area is 99.3 Å². The molecule has 1 aromatic heterocycles. The number of nitrogens with zero attached hydrogens (tertiary/aromatic N) is 2. The summed E-state index contributed by atoms with van der Waals surface area (Å²) in [6.45, 7) is 1.05. The van der Waals surface area contributed by atoms with Crippen LogP contribution in [0.25, 0.3) is 5.69 Å². The zero-order chi connectivity index (χ0) is 11.7. The van der Waals surface area contributed by atoms with Crippen LogP contribution in [0.1, 0.15) is 24.6 Å². The largest absolute Gasteiger partial charge is 0.309 e. The maximum Gasteiger partial charge on any atom is 0.123 e. The molecule has 1 aliphatic rings. The zero-order valence-electron chi connectivity index (χ0n) is 9.44. The second-order valence-electron chi connectivity index (χ2n) is 4.31. The highest BCUT2D eigenvalue weighted by Crippen LogP contribution is 2.24. The predicted octanol–water partition coefficient (Wildman–Crippen LogP) is 2.44. The third-order valence-electron chi connectivity index (χ3n) is 3.19. The molecule has 1 unspecified atom stereocenters. The van der Waals surface area contributed by atoms with Crippen molar-refractivity contribution < 1.29 is 4.39 Å². The van der Waals surface area contributed by atoms with Crippen molar-refractivity contribution in [2.75, 3.05) is 6.54 Å². The molecule has 88 valence electrons. The Morgan fingerprint density at radius 1 is 1.29 bits per heavy atom. The van der Waals surface area contributed by atoms with Crippen molar-refractivity contribution in [1.82, 2.24) is 14.9 Å². The number of nitrogens with one attached hydrogen (secondary N) is 1. The van der Waals surface area contributed by atoms with Crippen LogP contribution in [0, 0.1) is 5.82 Å². The van der Waals surface area contributed by atoms with E-state index in [1.807, 2.05) is 10.8 Å². The van der Waals surface area contributed by atoms with Gasteiger partial charge in [0.05, 0.1) is 18.2 Å². The molecule has 0 saturated carbocycles. The van der Waals surface area contributed by atoms with Crippen LogP contribution in [0.4, 0.5) is 4.39 Å². The molecule has 3 nitrogen and oxygen atoms in total. The van der Waals surface area contributed by atoms with Gasteiger partial charge in [-0.05, 0) is 43.7 Å². The summed E-state index contributed by atoms with van der Waals surface area (Å²) in [5.41, 5.74) is 2.10. The summed E-state index contributed by atoms with van der Waals surface area (Å²) in [6.07, 6.45) is 5.99. The van der Waals surface area contributed by atoms with Crippen LogP contribution in [0.2, 0.25) is 0 Å². The fourth-order valence-corrected chi connectivity index (χ4v) is 2.32. The van der Waals surface area contributed by atoms with E-state index in [1.54, 1.807) is 18.5 Å². The van der Waals surface area contributed by atoms with Crippen molar-refractivity contribution in [3.05, 3.63) is 48.3 Å². The molecule has 0 radical (unpaired) electrons. The first-order valence-electron chi connectivity index (χ1n) is 5.86. The Kier molecular flexibility index (Phi) is 2.65. The first-order valence-corrected chi connectivity index (χ1v) is 5.86. The molecule has 2 aromatic rings. The van der Waals surface area contributed by atoms with E-state index in [2.05, 4.69) is 10.3 Å². The Morgan fingerprint density at radius 3 is 2.82 bits per heavy atom. The van der Waals surface area contributed by atoms with E-state index in [-0.39, 0.29) is 5.82 Å². The van der Waals surface area contributed by atoms with Gasteiger partial charge in [0.2, 0.25) is 0 Å². The Bertz CT molecular complexity index is 498. The summed E-state index contributed by atoms with van der Waals surface area (Å²) in [6, 6.07) is 6.86. The van der Waals surface area contributed by atoms with Crippen LogP contribution in [0.15, 0.2) is 36.8 Å². The molecule has 1 aliphatic heterocycles. The summed E-state index contributed by atoms with van der Waals surface area (Å²) in [7, 11) is 0. The Hall–Kier alpha value is -1.68. The summed E-state index contributed by atoms with van der Waals surface area (Å²) < 4.78 is 14.9. The van der Waals surface area contributed by atoms with Gasteiger partial charge in [-0.3, -0.25) is 0 Å². The van der Waals surface area contributed by atoms with E-state index >= 15 is 0 Å². The molecule has 0 spiro atoms. The maximum absolute atomic E-state index is 12.9. The zero-order valence-corrected chi connectivity index (χ0v) is 9.44. The van der Waals surface area contributed by atoms with Gasteiger partial charge in [-0.15, -0.1) is 0 Å². The van der Waals surface area contributed by atoms with Crippen LogP contribution in [0.3, 0.4) is 0 Å². The second kappa shape index (κ2) is 4.30. The summed E-state index contributed by atoms with van der Waals surface area (Å²) in [5.74, 6) is -0.214. The number of halogens is 1. The first-order chi connectivity index (χ1) is 8.34. The van der Waals surface area contributed by atoms with E-state index < -0.39 is 0 Å². The van der Waals surface area contributed by atoms with Gasteiger partial charge < -0.3 is 9.88 Å². The number of benzene rings is 1. The van der Waals surface area contributed by atoms with Crippen molar-refractivity contribution in [2.24, 2.45) is 0 Å². The second-order valence-corrected chi connectivity index (χ2v) is 4.31. The topological polar surface area (TPSA) is 29.9 Å². The minimum atomic E-state index is -0.214. The van der Waals surface area contributed by atoms with Gasteiger partial charge in [0.15, 0.2) is 0 Å². The molecule has 2 heterocycles. The van der Waals surface area contributed by atoms with E-state index in [4.69, 9.17) is 0 Å². The SMILES string of the molecule is Fc1ccc(-n2cncc2C2CCCN2)cc1. The minimum absolute atomic E-state index is 0.214. The number of rotatable bonds is 2. The fraction of sp³-hybridized carbons (Fsp3) is 0.308. The van der Waals surface area contributed by atoms with Gasteiger partial charge in [0.1, 0.15) is 5.82 Å².